The van der Waals surface area contributed by atoms with Crippen molar-refractivity contribution in [2.24, 2.45) is 0 Å². The summed E-state index contributed by atoms with van der Waals surface area (Å²) in [6.07, 6.45) is 0. The van der Waals surface area contributed by atoms with Crippen LogP contribution in [0.1, 0.15) is 23.7 Å². The number of benzene rings is 1. The number of anilines is 2. The van der Waals surface area contributed by atoms with Gasteiger partial charge in [-0.15, -0.1) is 0 Å². The third kappa shape index (κ3) is 2.47. The fourth-order valence-electron chi connectivity index (χ4n) is 1.90. The van der Waals surface area contributed by atoms with Crippen LogP contribution in [0.25, 0.3) is 0 Å². The predicted molar refractivity (Wildman–Crippen MR) is 75.6 cm³/mol. The first-order valence-electron chi connectivity index (χ1n) is 6.24. The van der Waals surface area contributed by atoms with Gasteiger partial charge in [-0.1, -0.05) is 29.8 Å². The van der Waals surface area contributed by atoms with E-state index in [2.05, 4.69) is 48.5 Å². The first kappa shape index (κ1) is 12.5. The number of aryl methyl sites for hydroxylation is 3. The molecule has 0 aliphatic carbocycles. The molecule has 96 valence electrons. The Labute approximate surface area is 108 Å². The lowest BCUT2D eigenvalue weighted by molar-refractivity contribution is 0.657. The minimum Gasteiger partial charge on any atom is -0.394 e. The van der Waals surface area contributed by atoms with E-state index in [0.717, 1.165) is 30.3 Å². The molecule has 2 aromatic rings. The highest BCUT2D eigenvalue weighted by Crippen LogP contribution is 2.22. The first-order chi connectivity index (χ1) is 8.61. The minimum atomic E-state index is 0.740. The van der Waals surface area contributed by atoms with Crippen LogP contribution >= 0.6 is 0 Å². The van der Waals surface area contributed by atoms with Gasteiger partial charge in [0.2, 0.25) is 0 Å². The summed E-state index contributed by atoms with van der Waals surface area (Å²) in [5.74, 6) is 0.913. The number of rotatable bonds is 4. The summed E-state index contributed by atoms with van der Waals surface area (Å²) in [6, 6.07) is 8.47. The molecule has 3 N–H and O–H groups in total. The number of aromatic nitrogens is 2. The molecule has 0 aliphatic rings. The molecule has 2 rings (SSSR count). The van der Waals surface area contributed by atoms with Crippen molar-refractivity contribution in [2.45, 2.75) is 33.9 Å². The molecule has 0 amide bonds. The van der Waals surface area contributed by atoms with Gasteiger partial charge in [0.1, 0.15) is 5.82 Å². The van der Waals surface area contributed by atoms with Crippen molar-refractivity contribution in [1.82, 2.24) is 9.78 Å². The predicted octanol–water partition coefficient (Wildman–Crippen LogP) is 2.71. The highest BCUT2D eigenvalue weighted by molar-refractivity contribution is 5.64. The summed E-state index contributed by atoms with van der Waals surface area (Å²) < 4.78 is 1.90. The Hall–Kier alpha value is -1.97. The van der Waals surface area contributed by atoms with Crippen LogP contribution in [0, 0.1) is 13.8 Å². The number of nitrogen functional groups attached to an aromatic ring is 1. The summed E-state index contributed by atoms with van der Waals surface area (Å²) in [6.45, 7) is 7.65. The molecule has 1 aromatic heterocycles. The molecular weight excluding hydrogens is 224 g/mol. The zero-order valence-electron chi connectivity index (χ0n) is 11.2. The Morgan fingerprint density at radius 3 is 2.50 bits per heavy atom. The fourth-order valence-corrected chi connectivity index (χ4v) is 1.90. The lowest BCUT2D eigenvalue weighted by Crippen LogP contribution is -2.08. The fraction of sp³-hybridized carbons (Fsp3) is 0.357. The van der Waals surface area contributed by atoms with E-state index in [1.54, 1.807) is 0 Å². The van der Waals surface area contributed by atoms with Crippen molar-refractivity contribution in [3.8, 4) is 0 Å². The second-order valence-electron chi connectivity index (χ2n) is 4.50. The van der Waals surface area contributed by atoms with Crippen LogP contribution in [0.4, 0.5) is 11.5 Å². The van der Waals surface area contributed by atoms with Crippen molar-refractivity contribution in [3.05, 3.63) is 41.1 Å². The largest absolute Gasteiger partial charge is 0.394 e. The van der Waals surface area contributed by atoms with Crippen LogP contribution in [-0.2, 0) is 13.1 Å². The second-order valence-corrected chi connectivity index (χ2v) is 4.50. The second kappa shape index (κ2) is 5.12. The van der Waals surface area contributed by atoms with Gasteiger partial charge in [-0.3, -0.25) is 0 Å². The summed E-state index contributed by atoms with van der Waals surface area (Å²) in [5.41, 5.74) is 10.1. The standard InChI is InChI=1S/C14H20N4/c1-4-18-14(13(15)11(3)17-18)16-9-12-7-5-10(2)6-8-12/h5-8,16H,4,9,15H2,1-3H3. The van der Waals surface area contributed by atoms with Crippen LogP contribution < -0.4 is 11.1 Å². The van der Waals surface area contributed by atoms with E-state index in [0.29, 0.717) is 0 Å². The SMILES string of the molecule is CCn1nc(C)c(N)c1NCc1ccc(C)cc1. The molecule has 0 radical (unpaired) electrons. The third-order valence-electron chi connectivity index (χ3n) is 3.05. The number of nitrogens with two attached hydrogens (primary N) is 1. The molecular formula is C14H20N4. The average molecular weight is 244 g/mol. The molecule has 4 nitrogen and oxygen atoms in total. The van der Waals surface area contributed by atoms with E-state index in [9.17, 15) is 0 Å². The molecule has 1 aromatic carbocycles. The first-order valence-corrected chi connectivity index (χ1v) is 6.24. The third-order valence-corrected chi connectivity index (χ3v) is 3.05. The zero-order valence-corrected chi connectivity index (χ0v) is 11.2. The molecule has 4 heteroatoms. The molecule has 0 saturated carbocycles. The van der Waals surface area contributed by atoms with Gasteiger partial charge in [0.15, 0.2) is 0 Å². The lowest BCUT2D eigenvalue weighted by atomic mass is 10.1. The van der Waals surface area contributed by atoms with Gasteiger partial charge in [-0.05, 0) is 26.3 Å². The summed E-state index contributed by atoms with van der Waals surface area (Å²) in [7, 11) is 0. The number of hydrogen-bond acceptors (Lipinski definition) is 3. The van der Waals surface area contributed by atoms with Crippen LogP contribution in [-0.4, -0.2) is 9.78 Å². The van der Waals surface area contributed by atoms with Crippen molar-refractivity contribution < 1.29 is 0 Å². The maximum Gasteiger partial charge on any atom is 0.148 e. The zero-order chi connectivity index (χ0) is 13.1. The minimum absolute atomic E-state index is 0.740. The molecule has 1 heterocycles. The quantitative estimate of drug-likeness (QED) is 0.869. The Balaban J connectivity index is 2.12. The van der Waals surface area contributed by atoms with E-state index in [4.69, 9.17) is 5.73 Å². The molecule has 18 heavy (non-hydrogen) atoms. The van der Waals surface area contributed by atoms with E-state index in [1.165, 1.54) is 11.1 Å². The molecule has 0 saturated heterocycles. The number of hydrogen-bond donors (Lipinski definition) is 2. The van der Waals surface area contributed by atoms with Gasteiger partial charge in [-0.25, -0.2) is 4.68 Å². The van der Waals surface area contributed by atoms with Gasteiger partial charge in [0.25, 0.3) is 0 Å². The Morgan fingerprint density at radius 2 is 1.89 bits per heavy atom. The van der Waals surface area contributed by atoms with E-state index < -0.39 is 0 Å². The maximum atomic E-state index is 6.02. The number of nitrogens with zero attached hydrogens (tertiary/aromatic N) is 2. The van der Waals surface area contributed by atoms with E-state index in [-0.39, 0.29) is 0 Å². The van der Waals surface area contributed by atoms with Crippen LogP contribution in [0.15, 0.2) is 24.3 Å². The van der Waals surface area contributed by atoms with Gasteiger partial charge in [0, 0.05) is 13.1 Å². The molecule has 0 spiro atoms. The smallest absolute Gasteiger partial charge is 0.148 e. The van der Waals surface area contributed by atoms with Gasteiger partial charge in [-0.2, -0.15) is 5.10 Å². The number of nitrogens with one attached hydrogen (secondary N) is 1. The van der Waals surface area contributed by atoms with Gasteiger partial charge in [0.05, 0.1) is 11.4 Å². The van der Waals surface area contributed by atoms with Crippen LogP contribution in [0.2, 0.25) is 0 Å². The Kier molecular flexibility index (Phi) is 3.55. The summed E-state index contributed by atoms with van der Waals surface area (Å²) in [5, 5.41) is 7.75. The van der Waals surface area contributed by atoms with E-state index >= 15 is 0 Å². The molecule has 0 aliphatic heterocycles. The highest BCUT2D eigenvalue weighted by Gasteiger charge is 2.10. The van der Waals surface area contributed by atoms with E-state index in [1.807, 2.05) is 11.6 Å². The molecule has 0 fully saturated rings. The Bertz CT molecular complexity index is 525. The lowest BCUT2D eigenvalue weighted by Gasteiger charge is -2.09. The molecule has 0 atom stereocenters. The Morgan fingerprint density at radius 1 is 1.22 bits per heavy atom. The van der Waals surface area contributed by atoms with Crippen molar-refractivity contribution in [3.63, 3.8) is 0 Å². The van der Waals surface area contributed by atoms with Crippen LogP contribution in [0.3, 0.4) is 0 Å². The summed E-state index contributed by atoms with van der Waals surface area (Å²) >= 11 is 0. The summed E-state index contributed by atoms with van der Waals surface area (Å²) in [4.78, 5) is 0. The van der Waals surface area contributed by atoms with Crippen LogP contribution in [0.5, 0.6) is 0 Å². The van der Waals surface area contributed by atoms with Crippen molar-refractivity contribution in [2.75, 3.05) is 11.1 Å². The maximum absolute atomic E-state index is 6.02. The highest BCUT2D eigenvalue weighted by atomic mass is 15.3. The van der Waals surface area contributed by atoms with Crippen molar-refractivity contribution in [1.29, 1.82) is 0 Å². The normalized spacial score (nSPS) is 10.6. The van der Waals surface area contributed by atoms with Crippen molar-refractivity contribution >= 4 is 11.5 Å². The topological polar surface area (TPSA) is 55.9 Å². The molecule has 0 unspecified atom stereocenters. The van der Waals surface area contributed by atoms with Gasteiger partial charge >= 0.3 is 0 Å². The monoisotopic (exact) mass is 244 g/mol. The average Bonchev–Trinajstić information content (AvgIpc) is 2.65. The van der Waals surface area contributed by atoms with Gasteiger partial charge < -0.3 is 11.1 Å². The molecule has 0 bridgehead atoms.